The van der Waals surface area contributed by atoms with Gasteiger partial charge in [0, 0.05) is 25.2 Å². The molecule has 9 heteroatoms. The quantitative estimate of drug-likeness (QED) is 0.807. The van der Waals surface area contributed by atoms with Crippen LogP contribution in [0.2, 0.25) is 0 Å². The van der Waals surface area contributed by atoms with E-state index < -0.39 is 25.9 Å². The highest BCUT2D eigenvalue weighted by molar-refractivity contribution is 7.92. The lowest BCUT2D eigenvalue weighted by Gasteiger charge is -2.27. The summed E-state index contributed by atoms with van der Waals surface area (Å²) < 4.78 is 50.5. The van der Waals surface area contributed by atoms with Gasteiger partial charge in [0.15, 0.2) is 9.84 Å². The van der Waals surface area contributed by atoms with Crippen molar-refractivity contribution in [1.82, 2.24) is 4.31 Å². The topological polar surface area (TPSA) is 101 Å². The zero-order chi connectivity index (χ0) is 18.0. The molecule has 0 saturated carbocycles. The highest BCUT2D eigenvalue weighted by Crippen LogP contribution is 2.26. The molecule has 1 N–H and O–H groups in total. The number of amides is 1. The Balaban J connectivity index is 2.29. The fourth-order valence-corrected chi connectivity index (χ4v) is 6.34. The molecule has 24 heavy (non-hydrogen) atoms. The summed E-state index contributed by atoms with van der Waals surface area (Å²) in [6.07, 6.45) is 0.922. The number of sulfone groups is 1. The van der Waals surface area contributed by atoms with Gasteiger partial charge < -0.3 is 5.32 Å². The van der Waals surface area contributed by atoms with E-state index in [1.54, 1.807) is 0 Å². The van der Waals surface area contributed by atoms with Gasteiger partial charge in [-0.1, -0.05) is 6.92 Å². The smallest absolute Gasteiger partial charge is 0.243 e. The van der Waals surface area contributed by atoms with Crippen molar-refractivity contribution in [2.75, 3.05) is 23.4 Å². The van der Waals surface area contributed by atoms with Crippen LogP contribution in [0.4, 0.5) is 5.69 Å². The summed E-state index contributed by atoms with van der Waals surface area (Å²) in [4.78, 5) is 11.1. The number of hydrogen-bond acceptors (Lipinski definition) is 5. The average molecular weight is 374 g/mol. The highest BCUT2D eigenvalue weighted by Gasteiger charge is 2.38. The fourth-order valence-electron chi connectivity index (χ4n) is 2.77. The Bertz CT molecular complexity index is 801. The van der Waals surface area contributed by atoms with Crippen LogP contribution in [0.15, 0.2) is 29.2 Å². The molecule has 1 heterocycles. The minimum Gasteiger partial charge on any atom is -0.326 e. The van der Waals surface area contributed by atoms with Crippen LogP contribution in [0.3, 0.4) is 0 Å². The normalized spacial score (nSPS) is 20.2. The summed E-state index contributed by atoms with van der Waals surface area (Å²) >= 11 is 0. The van der Waals surface area contributed by atoms with Crippen molar-refractivity contribution in [2.45, 2.75) is 37.6 Å². The number of nitrogens with zero attached hydrogens (tertiary/aromatic N) is 1. The van der Waals surface area contributed by atoms with Gasteiger partial charge in [0.25, 0.3) is 0 Å². The molecular formula is C15H22N2O5S2. The Morgan fingerprint density at radius 3 is 2.38 bits per heavy atom. The number of hydrogen-bond donors (Lipinski definition) is 1. The summed E-state index contributed by atoms with van der Waals surface area (Å²) in [6.45, 7) is 3.50. The largest absolute Gasteiger partial charge is 0.326 e. The van der Waals surface area contributed by atoms with E-state index in [4.69, 9.17) is 0 Å². The number of rotatable bonds is 6. The van der Waals surface area contributed by atoms with Crippen molar-refractivity contribution in [2.24, 2.45) is 0 Å². The molecule has 1 atom stereocenters. The van der Waals surface area contributed by atoms with E-state index >= 15 is 0 Å². The number of benzene rings is 1. The predicted molar refractivity (Wildman–Crippen MR) is 92.0 cm³/mol. The second-order valence-corrected chi connectivity index (χ2v) is 10.00. The first-order valence-electron chi connectivity index (χ1n) is 7.75. The first-order chi connectivity index (χ1) is 11.2. The Kier molecular flexibility index (Phi) is 5.67. The fraction of sp³-hybridized carbons (Fsp3) is 0.533. The molecule has 134 valence electrons. The van der Waals surface area contributed by atoms with Gasteiger partial charge in [-0.3, -0.25) is 4.79 Å². The van der Waals surface area contributed by atoms with Gasteiger partial charge in [-0.2, -0.15) is 4.31 Å². The van der Waals surface area contributed by atoms with E-state index in [0.717, 1.165) is 0 Å². The summed E-state index contributed by atoms with van der Waals surface area (Å²) in [6, 6.07) is 5.36. The van der Waals surface area contributed by atoms with E-state index in [2.05, 4.69) is 5.32 Å². The van der Waals surface area contributed by atoms with Crippen LogP contribution >= 0.6 is 0 Å². The summed E-state index contributed by atoms with van der Waals surface area (Å²) in [7, 11) is -6.96. The molecule has 0 radical (unpaired) electrons. The maximum absolute atomic E-state index is 12.9. The van der Waals surface area contributed by atoms with Gasteiger partial charge >= 0.3 is 0 Å². The van der Waals surface area contributed by atoms with Crippen molar-refractivity contribution >= 4 is 31.5 Å². The molecule has 1 aliphatic rings. The number of anilines is 1. The zero-order valence-electron chi connectivity index (χ0n) is 13.7. The van der Waals surface area contributed by atoms with Crippen LogP contribution in [0.25, 0.3) is 0 Å². The van der Waals surface area contributed by atoms with Crippen LogP contribution in [0.1, 0.15) is 26.7 Å². The first kappa shape index (κ1) is 18.9. The van der Waals surface area contributed by atoms with Crippen LogP contribution in [-0.2, 0) is 24.7 Å². The standard InChI is InChI=1S/C15H22N2O5S2/c1-3-9-17(14-8-10-23(19,20)11-14)24(21,22)15-6-4-13(5-7-15)16-12(2)18/h4-7,14H,3,8-11H2,1-2H3,(H,16,18)/t14-/m1/s1. The van der Waals surface area contributed by atoms with Crippen LogP contribution < -0.4 is 5.32 Å². The van der Waals surface area contributed by atoms with Crippen molar-refractivity contribution < 1.29 is 21.6 Å². The molecule has 2 rings (SSSR count). The number of sulfonamides is 1. The third-order valence-corrected chi connectivity index (χ3v) is 7.56. The van der Waals surface area contributed by atoms with Gasteiger partial charge in [-0.15, -0.1) is 0 Å². The average Bonchev–Trinajstić information content (AvgIpc) is 2.84. The van der Waals surface area contributed by atoms with E-state index in [1.165, 1.54) is 35.5 Å². The Morgan fingerprint density at radius 2 is 1.92 bits per heavy atom. The van der Waals surface area contributed by atoms with E-state index in [9.17, 15) is 21.6 Å². The molecule has 1 aromatic rings. The molecule has 0 bridgehead atoms. The van der Waals surface area contributed by atoms with Gasteiger partial charge in [0.05, 0.1) is 16.4 Å². The van der Waals surface area contributed by atoms with Gasteiger partial charge in [0.2, 0.25) is 15.9 Å². The van der Waals surface area contributed by atoms with Crippen molar-refractivity contribution in [1.29, 1.82) is 0 Å². The molecule has 1 fully saturated rings. The number of carbonyl (C=O) groups is 1. The highest BCUT2D eigenvalue weighted by atomic mass is 32.2. The second-order valence-electron chi connectivity index (χ2n) is 5.88. The molecule has 0 unspecified atom stereocenters. The van der Waals surface area contributed by atoms with Crippen LogP contribution in [-0.4, -0.2) is 51.1 Å². The maximum atomic E-state index is 12.9. The summed E-state index contributed by atoms with van der Waals surface area (Å²) in [5, 5.41) is 2.58. The summed E-state index contributed by atoms with van der Waals surface area (Å²) in [5.74, 6) is -0.347. The monoisotopic (exact) mass is 374 g/mol. The van der Waals surface area contributed by atoms with Crippen molar-refractivity contribution in [3.8, 4) is 0 Å². The Hall–Kier alpha value is -1.45. The Morgan fingerprint density at radius 1 is 1.29 bits per heavy atom. The van der Waals surface area contributed by atoms with Crippen LogP contribution in [0, 0.1) is 0 Å². The summed E-state index contributed by atoms with van der Waals surface area (Å²) in [5.41, 5.74) is 0.506. The second kappa shape index (κ2) is 7.20. The lowest BCUT2D eigenvalue weighted by molar-refractivity contribution is -0.114. The number of nitrogens with one attached hydrogen (secondary N) is 1. The molecule has 1 aliphatic heterocycles. The maximum Gasteiger partial charge on any atom is 0.243 e. The van der Waals surface area contributed by atoms with Gasteiger partial charge in [-0.05, 0) is 37.1 Å². The lowest BCUT2D eigenvalue weighted by atomic mass is 10.2. The molecule has 0 aliphatic carbocycles. The first-order valence-corrected chi connectivity index (χ1v) is 11.0. The van der Waals surface area contributed by atoms with E-state index in [-0.39, 0.29) is 28.9 Å². The molecule has 7 nitrogen and oxygen atoms in total. The molecular weight excluding hydrogens is 352 g/mol. The molecule has 1 saturated heterocycles. The minimum atomic E-state index is -3.79. The minimum absolute atomic E-state index is 0.0227. The molecule has 0 aromatic heterocycles. The van der Waals surface area contributed by atoms with E-state index in [0.29, 0.717) is 18.5 Å². The van der Waals surface area contributed by atoms with Gasteiger partial charge in [-0.25, -0.2) is 16.8 Å². The van der Waals surface area contributed by atoms with Gasteiger partial charge in [0.1, 0.15) is 0 Å². The zero-order valence-corrected chi connectivity index (χ0v) is 15.4. The molecule has 1 amide bonds. The molecule has 0 spiro atoms. The SMILES string of the molecule is CCCN([C@@H]1CCS(=O)(=O)C1)S(=O)(=O)c1ccc(NC(C)=O)cc1. The molecule has 1 aromatic carbocycles. The predicted octanol–water partition coefficient (Wildman–Crippen LogP) is 1.23. The third kappa shape index (κ3) is 4.34. The van der Waals surface area contributed by atoms with E-state index in [1.807, 2.05) is 6.92 Å². The van der Waals surface area contributed by atoms with Crippen molar-refractivity contribution in [3.63, 3.8) is 0 Å². The number of carbonyl (C=O) groups excluding carboxylic acids is 1. The lowest BCUT2D eigenvalue weighted by Crippen LogP contribution is -2.41. The third-order valence-electron chi connectivity index (χ3n) is 3.84. The Labute approximate surface area is 143 Å². The van der Waals surface area contributed by atoms with Crippen LogP contribution in [0.5, 0.6) is 0 Å². The van der Waals surface area contributed by atoms with Crippen molar-refractivity contribution in [3.05, 3.63) is 24.3 Å².